The van der Waals surface area contributed by atoms with Crippen molar-refractivity contribution in [3.05, 3.63) is 58.0 Å². The van der Waals surface area contributed by atoms with Gasteiger partial charge in [-0.15, -0.1) is 11.3 Å². The second-order valence-electron chi connectivity index (χ2n) is 7.39. The molecule has 1 aromatic heterocycles. The topological polar surface area (TPSA) is 23.6 Å². The van der Waals surface area contributed by atoms with Gasteiger partial charge in [0.25, 0.3) is 5.91 Å². The first-order chi connectivity index (χ1) is 12.1. The van der Waals surface area contributed by atoms with Gasteiger partial charge in [0.05, 0.1) is 4.88 Å². The van der Waals surface area contributed by atoms with Gasteiger partial charge in [-0.3, -0.25) is 9.69 Å². The van der Waals surface area contributed by atoms with E-state index in [2.05, 4.69) is 4.90 Å². The van der Waals surface area contributed by atoms with Crippen molar-refractivity contribution in [1.29, 1.82) is 0 Å². The first-order valence-corrected chi connectivity index (χ1v) is 9.81. The fraction of sp³-hybridized carbons (Fsp3) is 0.450. The van der Waals surface area contributed by atoms with Gasteiger partial charge in [-0.25, -0.2) is 4.39 Å². The summed E-state index contributed by atoms with van der Waals surface area (Å²) in [6.07, 6.45) is 3.45. The summed E-state index contributed by atoms with van der Waals surface area (Å²) in [6, 6.07) is 10.7. The van der Waals surface area contributed by atoms with Crippen LogP contribution in [0.5, 0.6) is 0 Å². The number of piperidine rings is 1. The molecule has 0 bridgehead atoms. The molecule has 2 aliphatic rings. The van der Waals surface area contributed by atoms with E-state index in [1.54, 1.807) is 0 Å². The van der Waals surface area contributed by atoms with Gasteiger partial charge in [-0.2, -0.15) is 0 Å². The predicted octanol–water partition coefficient (Wildman–Crippen LogP) is 4.02. The molecule has 1 atom stereocenters. The number of amides is 1. The van der Waals surface area contributed by atoms with Crippen molar-refractivity contribution in [2.75, 3.05) is 26.2 Å². The first kappa shape index (κ1) is 16.7. The molecule has 4 rings (SSSR count). The lowest BCUT2D eigenvalue weighted by molar-refractivity contribution is 0.0679. The number of hydrogen-bond acceptors (Lipinski definition) is 3. The van der Waals surface area contributed by atoms with Crippen molar-refractivity contribution < 1.29 is 9.18 Å². The zero-order chi connectivity index (χ0) is 17.3. The van der Waals surface area contributed by atoms with Gasteiger partial charge in [0.15, 0.2) is 0 Å². The zero-order valence-corrected chi connectivity index (χ0v) is 15.1. The van der Waals surface area contributed by atoms with E-state index < -0.39 is 0 Å². The number of halogens is 1. The lowest BCUT2D eigenvalue weighted by Gasteiger charge is -2.40. The first-order valence-electron chi connectivity index (χ1n) is 8.93. The Kier molecular flexibility index (Phi) is 4.61. The number of likely N-dealkylation sites (tertiary alicyclic amines) is 2. The number of carbonyl (C=O) groups is 1. The van der Waals surface area contributed by atoms with Gasteiger partial charge in [0.2, 0.25) is 0 Å². The van der Waals surface area contributed by atoms with Crippen molar-refractivity contribution in [3.8, 4) is 0 Å². The molecule has 3 nitrogen and oxygen atoms in total. The Morgan fingerprint density at radius 1 is 1.12 bits per heavy atom. The average Bonchev–Trinajstić information content (AvgIpc) is 3.27. The molecular formula is C20H23FN2OS. The third-order valence-corrected chi connectivity index (χ3v) is 6.38. The molecule has 0 saturated carbocycles. The number of thiophene rings is 1. The molecule has 0 unspecified atom stereocenters. The van der Waals surface area contributed by atoms with Crippen LogP contribution < -0.4 is 0 Å². The third kappa shape index (κ3) is 3.62. The zero-order valence-electron chi connectivity index (χ0n) is 14.3. The van der Waals surface area contributed by atoms with Crippen LogP contribution in [0.3, 0.4) is 0 Å². The van der Waals surface area contributed by atoms with Gasteiger partial charge >= 0.3 is 0 Å². The molecule has 0 aliphatic carbocycles. The summed E-state index contributed by atoms with van der Waals surface area (Å²) in [5.74, 6) is -0.0000725. The molecule has 25 heavy (non-hydrogen) atoms. The summed E-state index contributed by atoms with van der Waals surface area (Å²) < 4.78 is 13.1. The third-order valence-electron chi connectivity index (χ3n) is 5.52. The summed E-state index contributed by atoms with van der Waals surface area (Å²) in [4.78, 5) is 18.0. The summed E-state index contributed by atoms with van der Waals surface area (Å²) in [5, 5.41) is 1.96. The fourth-order valence-electron chi connectivity index (χ4n) is 4.29. The summed E-state index contributed by atoms with van der Waals surface area (Å²) in [7, 11) is 0. The highest BCUT2D eigenvalue weighted by Crippen LogP contribution is 2.40. The van der Waals surface area contributed by atoms with E-state index in [0.29, 0.717) is 0 Å². The molecule has 0 N–H and O–H groups in total. The van der Waals surface area contributed by atoms with Crippen LogP contribution in [0.4, 0.5) is 4.39 Å². The predicted molar refractivity (Wildman–Crippen MR) is 98.2 cm³/mol. The van der Waals surface area contributed by atoms with Crippen LogP contribution in [0.15, 0.2) is 41.8 Å². The van der Waals surface area contributed by atoms with E-state index in [4.69, 9.17) is 0 Å². The quantitative estimate of drug-likeness (QED) is 0.827. The Bertz CT molecular complexity index is 731. The van der Waals surface area contributed by atoms with Crippen LogP contribution in [0.25, 0.3) is 0 Å². The Morgan fingerprint density at radius 3 is 2.72 bits per heavy atom. The minimum Gasteiger partial charge on any atom is -0.337 e. The van der Waals surface area contributed by atoms with Crippen molar-refractivity contribution in [1.82, 2.24) is 9.80 Å². The highest BCUT2D eigenvalue weighted by molar-refractivity contribution is 7.12. The number of nitrogens with zero attached hydrogens (tertiary/aromatic N) is 2. The minimum atomic E-state index is -0.183. The number of carbonyl (C=O) groups excluding carboxylic acids is 1. The maximum absolute atomic E-state index is 13.1. The van der Waals surface area contributed by atoms with Crippen molar-refractivity contribution >= 4 is 17.2 Å². The van der Waals surface area contributed by atoms with Gasteiger partial charge in [0, 0.05) is 31.6 Å². The number of hydrogen-bond donors (Lipinski definition) is 0. The summed E-state index contributed by atoms with van der Waals surface area (Å²) in [5.41, 5.74) is 1.38. The molecular weight excluding hydrogens is 335 g/mol. The number of rotatable bonds is 3. The van der Waals surface area contributed by atoms with Crippen molar-refractivity contribution in [2.45, 2.75) is 25.8 Å². The molecule has 1 aromatic carbocycles. The highest BCUT2D eigenvalue weighted by Gasteiger charge is 2.42. The lowest BCUT2D eigenvalue weighted by atomic mass is 9.79. The fourth-order valence-corrected chi connectivity index (χ4v) is 4.98. The van der Waals surface area contributed by atoms with Crippen LogP contribution in [0.1, 0.15) is 34.5 Å². The van der Waals surface area contributed by atoms with Crippen LogP contribution in [0.2, 0.25) is 0 Å². The summed E-state index contributed by atoms with van der Waals surface area (Å²) in [6.45, 7) is 4.70. The molecule has 2 saturated heterocycles. The monoisotopic (exact) mass is 358 g/mol. The molecule has 2 aromatic rings. The Morgan fingerprint density at radius 2 is 1.96 bits per heavy atom. The highest BCUT2D eigenvalue weighted by atomic mass is 32.1. The maximum Gasteiger partial charge on any atom is 0.263 e. The largest absolute Gasteiger partial charge is 0.337 e. The van der Waals surface area contributed by atoms with E-state index >= 15 is 0 Å². The molecule has 2 fully saturated rings. The standard InChI is InChI=1S/C20H23FN2OS/c21-17-6-4-16(5-7-17)13-22-10-2-8-20(14-22)9-11-23(15-20)19(24)18-3-1-12-25-18/h1,3-7,12H,2,8-11,13-15H2/t20-/m1/s1. The van der Waals surface area contributed by atoms with E-state index in [0.717, 1.165) is 49.6 Å². The van der Waals surface area contributed by atoms with E-state index in [9.17, 15) is 9.18 Å². The Balaban J connectivity index is 1.40. The van der Waals surface area contributed by atoms with Crippen LogP contribution >= 0.6 is 11.3 Å². The molecule has 3 heterocycles. The van der Waals surface area contributed by atoms with E-state index in [1.807, 2.05) is 34.5 Å². The second-order valence-corrected chi connectivity index (χ2v) is 8.34. The maximum atomic E-state index is 13.1. The Labute approximate surface area is 152 Å². The van der Waals surface area contributed by atoms with Gasteiger partial charge < -0.3 is 4.90 Å². The Hall–Kier alpha value is -1.72. The molecule has 132 valence electrons. The normalized spacial score (nSPS) is 24.1. The van der Waals surface area contributed by atoms with Gasteiger partial charge in [-0.05, 0) is 54.9 Å². The van der Waals surface area contributed by atoms with Crippen molar-refractivity contribution in [3.63, 3.8) is 0 Å². The minimum absolute atomic E-state index is 0.183. The van der Waals surface area contributed by atoms with Gasteiger partial charge in [-0.1, -0.05) is 18.2 Å². The smallest absolute Gasteiger partial charge is 0.263 e. The molecule has 0 radical (unpaired) electrons. The molecule has 1 amide bonds. The van der Waals surface area contributed by atoms with Crippen LogP contribution in [0, 0.1) is 11.2 Å². The summed E-state index contributed by atoms with van der Waals surface area (Å²) >= 11 is 1.52. The number of benzene rings is 1. The van der Waals surface area contributed by atoms with Crippen LogP contribution in [-0.4, -0.2) is 41.9 Å². The average molecular weight is 358 g/mol. The molecule has 5 heteroatoms. The lowest BCUT2D eigenvalue weighted by Crippen LogP contribution is -2.44. The van der Waals surface area contributed by atoms with Crippen molar-refractivity contribution in [2.24, 2.45) is 5.41 Å². The molecule has 2 aliphatic heterocycles. The second kappa shape index (κ2) is 6.89. The van der Waals surface area contributed by atoms with E-state index in [1.165, 1.54) is 36.3 Å². The van der Waals surface area contributed by atoms with Gasteiger partial charge in [0.1, 0.15) is 5.82 Å². The molecule has 1 spiro atoms. The van der Waals surface area contributed by atoms with Crippen LogP contribution in [-0.2, 0) is 6.54 Å². The SMILES string of the molecule is O=C(c1cccs1)N1CC[C@@]2(CCCN(Cc3ccc(F)cc3)C2)C1. The van der Waals surface area contributed by atoms with E-state index in [-0.39, 0.29) is 17.1 Å².